The highest BCUT2D eigenvalue weighted by atomic mass is 19.1. The fourth-order valence-corrected chi connectivity index (χ4v) is 2.54. The molecule has 0 radical (unpaired) electrons. The fourth-order valence-electron chi connectivity index (χ4n) is 2.54. The van der Waals surface area contributed by atoms with E-state index < -0.39 is 5.54 Å². The summed E-state index contributed by atoms with van der Waals surface area (Å²) in [7, 11) is 3.16. The highest BCUT2D eigenvalue weighted by Gasteiger charge is 2.30. The second-order valence-electron chi connectivity index (χ2n) is 5.22. The Balaban J connectivity index is 2.46. The van der Waals surface area contributed by atoms with Gasteiger partial charge in [-0.25, -0.2) is 4.39 Å². The van der Waals surface area contributed by atoms with Gasteiger partial charge in [-0.1, -0.05) is 24.3 Å². The number of hydrogen-bond acceptors (Lipinski definition) is 3. The molecule has 3 nitrogen and oxygen atoms in total. The van der Waals surface area contributed by atoms with E-state index >= 15 is 0 Å². The average molecular weight is 289 g/mol. The largest absolute Gasteiger partial charge is 0.496 e. The summed E-state index contributed by atoms with van der Waals surface area (Å²) in [5.41, 5.74) is 6.95. The lowest BCUT2D eigenvalue weighted by molar-refractivity contribution is 0.353. The highest BCUT2D eigenvalue weighted by Crippen LogP contribution is 2.38. The molecular formula is C17H20FNO2. The van der Waals surface area contributed by atoms with Gasteiger partial charge in [-0.2, -0.15) is 0 Å². The molecule has 1 unspecified atom stereocenters. The Morgan fingerprint density at radius 2 is 1.57 bits per heavy atom. The summed E-state index contributed by atoms with van der Waals surface area (Å²) in [6, 6.07) is 12.1. The van der Waals surface area contributed by atoms with Gasteiger partial charge >= 0.3 is 0 Å². The van der Waals surface area contributed by atoms with E-state index in [-0.39, 0.29) is 5.82 Å². The van der Waals surface area contributed by atoms with Gasteiger partial charge < -0.3 is 15.2 Å². The van der Waals surface area contributed by atoms with E-state index in [9.17, 15) is 4.39 Å². The van der Waals surface area contributed by atoms with Gasteiger partial charge in [0.2, 0.25) is 0 Å². The number of methoxy groups -OCH3 is 2. The topological polar surface area (TPSA) is 44.5 Å². The summed E-state index contributed by atoms with van der Waals surface area (Å²) in [5, 5.41) is 0. The molecule has 21 heavy (non-hydrogen) atoms. The molecule has 0 saturated heterocycles. The molecule has 0 spiro atoms. The van der Waals surface area contributed by atoms with E-state index in [2.05, 4.69) is 0 Å². The van der Waals surface area contributed by atoms with E-state index in [0.29, 0.717) is 23.5 Å². The van der Waals surface area contributed by atoms with Crippen LogP contribution in [0.15, 0.2) is 42.5 Å². The molecule has 112 valence electrons. The number of nitrogens with two attached hydrogens (primary N) is 1. The Hall–Kier alpha value is -2.07. The van der Waals surface area contributed by atoms with Crippen molar-refractivity contribution in [2.75, 3.05) is 14.2 Å². The first-order valence-corrected chi connectivity index (χ1v) is 6.73. The standard InChI is InChI=1S/C17H20FNO2/c1-17(19,11-12-7-4-5-8-13(12)18)16-14(20-2)9-6-10-15(16)21-3/h4-10H,11,19H2,1-3H3. The second kappa shape index (κ2) is 6.14. The summed E-state index contributed by atoms with van der Waals surface area (Å²) in [6.07, 6.45) is 0.344. The van der Waals surface area contributed by atoms with Crippen molar-refractivity contribution in [1.29, 1.82) is 0 Å². The lowest BCUT2D eigenvalue weighted by atomic mass is 9.85. The van der Waals surface area contributed by atoms with Crippen molar-refractivity contribution in [3.8, 4) is 11.5 Å². The molecule has 2 rings (SSSR count). The molecule has 0 fully saturated rings. The first-order chi connectivity index (χ1) is 9.99. The van der Waals surface area contributed by atoms with Gasteiger partial charge in [0.1, 0.15) is 17.3 Å². The summed E-state index contributed by atoms with van der Waals surface area (Å²) in [5.74, 6) is 1.01. The van der Waals surface area contributed by atoms with Gasteiger partial charge in [0.25, 0.3) is 0 Å². The van der Waals surface area contributed by atoms with Gasteiger partial charge in [0.15, 0.2) is 0 Å². The van der Waals surface area contributed by atoms with E-state index in [1.807, 2.05) is 25.1 Å². The fraction of sp³-hybridized carbons (Fsp3) is 0.294. The van der Waals surface area contributed by atoms with Crippen LogP contribution in [0.4, 0.5) is 4.39 Å². The Morgan fingerprint density at radius 3 is 2.10 bits per heavy atom. The zero-order chi connectivity index (χ0) is 15.5. The molecule has 1 atom stereocenters. The Bertz CT molecular complexity index is 604. The Morgan fingerprint density at radius 1 is 1.00 bits per heavy atom. The normalized spacial score (nSPS) is 13.6. The number of hydrogen-bond donors (Lipinski definition) is 1. The van der Waals surface area contributed by atoms with E-state index in [1.165, 1.54) is 6.07 Å². The molecule has 0 aromatic heterocycles. The highest BCUT2D eigenvalue weighted by molar-refractivity contribution is 5.49. The van der Waals surface area contributed by atoms with Gasteiger partial charge in [-0.15, -0.1) is 0 Å². The maximum atomic E-state index is 13.9. The van der Waals surface area contributed by atoms with Crippen LogP contribution in [0.5, 0.6) is 11.5 Å². The zero-order valence-corrected chi connectivity index (χ0v) is 12.5. The van der Waals surface area contributed by atoms with Crippen LogP contribution < -0.4 is 15.2 Å². The molecule has 0 saturated carbocycles. The minimum atomic E-state index is -0.819. The van der Waals surface area contributed by atoms with Crippen LogP contribution in [-0.4, -0.2) is 14.2 Å². The van der Waals surface area contributed by atoms with Crippen molar-refractivity contribution in [2.24, 2.45) is 5.73 Å². The van der Waals surface area contributed by atoms with Crippen LogP contribution in [0.2, 0.25) is 0 Å². The molecule has 2 N–H and O–H groups in total. The van der Waals surface area contributed by atoms with Crippen molar-refractivity contribution in [2.45, 2.75) is 18.9 Å². The van der Waals surface area contributed by atoms with Gasteiger partial charge in [0.05, 0.1) is 19.8 Å². The smallest absolute Gasteiger partial charge is 0.127 e. The van der Waals surface area contributed by atoms with Crippen molar-refractivity contribution in [3.05, 3.63) is 59.4 Å². The zero-order valence-electron chi connectivity index (χ0n) is 12.5. The van der Waals surface area contributed by atoms with Gasteiger partial charge in [-0.05, 0) is 37.1 Å². The predicted molar refractivity (Wildman–Crippen MR) is 81.2 cm³/mol. The van der Waals surface area contributed by atoms with Crippen LogP contribution in [0.1, 0.15) is 18.1 Å². The SMILES string of the molecule is COc1cccc(OC)c1C(C)(N)Cc1ccccc1F. The molecular weight excluding hydrogens is 269 g/mol. The summed E-state index contributed by atoms with van der Waals surface area (Å²) >= 11 is 0. The third-order valence-corrected chi connectivity index (χ3v) is 3.51. The van der Waals surface area contributed by atoms with Crippen LogP contribution in [0, 0.1) is 5.82 Å². The van der Waals surface area contributed by atoms with Gasteiger partial charge in [-0.3, -0.25) is 0 Å². The maximum Gasteiger partial charge on any atom is 0.127 e. The first-order valence-electron chi connectivity index (χ1n) is 6.73. The van der Waals surface area contributed by atoms with Gasteiger partial charge in [0, 0.05) is 5.54 Å². The Kier molecular flexibility index (Phi) is 4.48. The molecule has 0 amide bonds. The van der Waals surface area contributed by atoms with Crippen LogP contribution in [0.3, 0.4) is 0 Å². The minimum Gasteiger partial charge on any atom is -0.496 e. The maximum absolute atomic E-state index is 13.9. The summed E-state index contributed by atoms with van der Waals surface area (Å²) in [6.45, 7) is 1.85. The Labute approximate surface area is 124 Å². The number of halogens is 1. The predicted octanol–water partition coefficient (Wildman–Crippen LogP) is 3.26. The van der Waals surface area contributed by atoms with Crippen LogP contribution in [-0.2, 0) is 12.0 Å². The molecule has 0 bridgehead atoms. The van der Waals surface area contributed by atoms with E-state index in [4.69, 9.17) is 15.2 Å². The lowest BCUT2D eigenvalue weighted by Crippen LogP contribution is -2.36. The van der Waals surface area contributed by atoms with Crippen molar-refractivity contribution in [3.63, 3.8) is 0 Å². The summed E-state index contributed by atoms with van der Waals surface area (Å²) in [4.78, 5) is 0. The van der Waals surface area contributed by atoms with Crippen LogP contribution in [0.25, 0.3) is 0 Å². The van der Waals surface area contributed by atoms with Crippen molar-refractivity contribution < 1.29 is 13.9 Å². The third kappa shape index (κ3) is 3.16. The third-order valence-electron chi connectivity index (χ3n) is 3.51. The molecule has 2 aromatic rings. The number of benzene rings is 2. The molecule has 0 aliphatic carbocycles. The number of ether oxygens (including phenoxy) is 2. The molecule has 2 aromatic carbocycles. The van der Waals surface area contributed by atoms with E-state index in [1.54, 1.807) is 32.4 Å². The van der Waals surface area contributed by atoms with E-state index in [0.717, 1.165) is 5.56 Å². The quantitative estimate of drug-likeness (QED) is 0.919. The average Bonchev–Trinajstić information content (AvgIpc) is 2.48. The molecule has 0 aliphatic heterocycles. The summed E-state index contributed by atoms with van der Waals surface area (Å²) < 4.78 is 24.7. The second-order valence-corrected chi connectivity index (χ2v) is 5.22. The first kappa shape index (κ1) is 15.3. The monoisotopic (exact) mass is 289 g/mol. The van der Waals surface area contributed by atoms with Crippen LogP contribution >= 0.6 is 0 Å². The molecule has 4 heteroatoms. The number of rotatable bonds is 5. The molecule has 0 aliphatic rings. The van der Waals surface area contributed by atoms with Crippen molar-refractivity contribution in [1.82, 2.24) is 0 Å². The molecule has 0 heterocycles. The minimum absolute atomic E-state index is 0.261. The van der Waals surface area contributed by atoms with Crippen molar-refractivity contribution >= 4 is 0 Å². The lowest BCUT2D eigenvalue weighted by Gasteiger charge is -2.29.